The maximum absolute atomic E-state index is 7.33. The zero-order valence-corrected chi connectivity index (χ0v) is 9.23. The Morgan fingerprint density at radius 3 is 3.00 bits per heavy atom. The van der Waals surface area contributed by atoms with Crippen LogP contribution in [0.15, 0.2) is 0 Å². The highest BCUT2D eigenvalue weighted by atomic mass is 32.2. The largest absolute Gasteiger partial charge is 0.387 e. The number of hydrogen-bond acceptors (Lipinski definition) is 3. The molecule has 0 saturated carbocycles. The summed E-state index contributed by atoms with van der Waals surface area (Å²) >= 11 is 2.02. The van der Waals surface area contributed by atoms with Gasteiger partial charge in [0.1, 0.15) is 0 Å². The average molecular weight is 201 g/mol. The molecule has 3 N–H and O–H groups in total. The van der Waals surface area contributed by atoms with E-state index in [-0.39, 0.29) is 5.92 Å². The monoisotopic (exact) mass is 201 g/mol. The van der Waals surface area contributed by atoms with E-state index in [1.807, 2.05) is 18.7 Å². The van der Waals surface area contributed by atoms with E-state index >= 15 is 0 Å². The van der Waals surface area contributed by atoms with Gasteiger partial charge in [-0.05, 0) is 6.92 Å². The van der Waals surface area contributed by atoms with Gasteiger partial charge in [0, 0.05) is 36.6 Å². The van der Waals surface area contributed by atoms with Crippen LogP contribution in [0.25, 0.3) is 0 Å². The fourth-order valence-electron chi connectivity index (χ4n) is 1.48. The Kier molecular flexibility index (Phi) is 4.06. The summed E-state index contributed by atoms with van der Waals surface area (Å²) in [4.78, 5) is 2.43. The molecule has 76 valence electrons. The molecular formula is C9H19N3S. The molecule has 0 aromatic carbocycles. The lowest BCUT2D eigenvalue weighted by Gasteiger charge is -2.34. The molecule has 3 nitrogen and oxygen atoms in total. The topological polar surface area (TPSA) is 53.1 Å². The number of thioether (sulfide) groups is 1. The number of rotatable bonds is 3. The highest BCUT2D eigenvalue weighted by molar-refractivity contribution is 7.99. The van der Waals surface area contributed by atoms with E-state index in [1.54, 1.807) is 0 Å². The Labute approximate surface area is 84.6 Å². The number of nitrogens with two attached hydrogens (primary N) is 1. The van der Waals surface area contributed by atoms with Crippen molar-refractivity contribution in [3.63, 3.8) is 0 Å². The van der Waals surface area contributed by atoms with Crippen LogP contribution in [0, 0.1) is 11.3 Å². The Morgan fingerprint density at radius 2 is 2.46 bits per heavy atom. The van der Waals surface area contributed by atoms with Crippen LogP contribution < -0.4 is 5.73 Å². The van der Waals surface area contributed by atoms with Gasteiger partial charge in [-0.1, -0.05) is 6.92 Å². The molecule has 0 bridgehead atoms. The second-order valence-electron chi connectivity index (χ2n) is 3.78. The summed E-state index contributed by atoms with van der Waals surface area (Å²) in [6.45, 7) is 6.36. The molecule has 4 heteroatoms. The second kappa shape index (κ2) is 4.86. The highest BCUT2D eigenvalue weighted by Crippen LogP contribution is 2.16. The molecule has 0 aromatic rings. The minimum absolute atomic E-state index is 0.200. The molecule has 13 heavy (non-hydrogen) atoms. The summed E-state index contributed by atoms with van der Waals surface area (Å²) < 4.78 is 0. The fraction of sp³-hybridized carbons (Fsp3) is 0.889. The standard InChI is InChI=1S/C9H19N3S/c1-7(9(10)11)5-12-3-4-13-6-8(12)2/h7-8H,3-6H2,1-2H3,(H3,10,11). The van der Waals surface area contributed by atoms with Crippen molar-refractivity contribution < 1.29 is 0 Å². The Bertz CT molecular complexity index is 184. The number of nitrogens with one attached hydrogen (secondary N) is 1. The van der Waals surface area contributed by atoms with E-state index in [9.17, 15) is 0 Å². The smallest absolute Gasteiger partial charge is 0.0947 e. The molecule has 1 heterocycles. The van der Waals surface area contributed by atoms with Crippen LogP contribution in [0.2, 0.25) is 0 Å². The van der Waals surface area contributed by atoms with Gasteiger partial charge in [0.25, 0.3) is 0 Å². The molecular weight excluding hydrogens is 182 g/mol. The van der Waals surface area contributed by atoms with Crippen molar-refractivity contribution in [3.05, 3.63) is 0 Å². The molecule has 1 aliphatic rings. The van der Waals surface area contributed by atoms with Gasteiger partial charge in [-0.15, -0.1) is 0 Å². The van der Waals surface area contributed by atoms with Crippen molar-refractivity contribution >= 4 is 17.6 Å². The van der Waals surface area contributed by atoms with Gasteiger partial charge in [0.2, 0.25) is 0 Å². The van der Waals surface area contributed by atoms with E-state index in [1.165, 1.54) is 11.5 Å². The van der Waals surface area contributed by atoms with Crippen LogP contribution in [0.3, 0.4) is 0 Å². The van der Waals surface area contributed by atoms with Crippen LogP contribution >= 0.6 is 11.8 Å². The Balaban J connectivity index is 2.37. The molecule has 1 saturated heterocycles. The van der Waals surface area contributed by atoms with E-state index in [4.69, 9.17) is 11.1 Å². The van der Waals surface area contributed by atoms with Gasteiger partial charge in [-0.3, -0.25) is 10.3 Å². The van der Waals surface area contributed by atoms with Gasteiger partial charge in [0.05, 0.1) is 5.84 Å². The zero-order chi connectivity index (χ0) is 9.84. The minimum Gasteiger partial charge on any atom is -0.387 e. The quantitative estimate of drug-likeness (QED) is 0.529. The first kappa shape index (κ1) is 10.9. The first-order chi connectivity index (χ1) is 6.11. The summed E-state index contributed by atoms with van der Waals surface area (Å²) in [5, 5.41) is 7.33. The third-order valence-corrected chi connectivity index (χ3v) is 3.73. The van der Waals surface area contributed by atoms with Gasteiger partial charge in [0.15, 0.2) is 0 Å². The van der Waals surface area contributed by atoms with E-state index < -0.39 is 0 Å². The maximum Gasteiger partial charge on any atom is 0.0947 e. The lowest BCUT2D eigenvalue weighted by atomic mass is 10.1. The first-order valence-corrected chi connectivity index (χ1v) is 5.92. The molecule has 2 atom stereocenters. The summed E-state index contributed by atoms with van der Waals surface area (Å²) in [5.41, 5.74) is 5.45. The molecule has 1 fully saturated rings. The summed E-state index contributed by atoms with van der Waals surface area (Å²) in [6, 6.07) is 0.639. The van der Waals surface area contributed by atoms with Gasteiger partial charge in [-0.25, -0.2) is 0 Å². The minimum atomic E-state index is 0.200. The first-order valence-electron chi connectivity index (χ1n) is 4.77. The third-order valence-electron chi connectivity index (χ3n) is 2.54. The Hall–Kier alpha value is -0.220. The van der Waals surface area contributed by atoms with E-state index in [0.717, 1.165) is 13.1 Å². The molecule has 1 rings (SSSR count). The molecule has 0 amide bonds. The van der Waals surface area contributed by atoms with Crippen LogP contribution in [0.1, 0.15) is 13.8 Å². The third kappa shape index (κ3) is 3.19. The lowest BCUT2D eigenvalue weighted by Crippen LogP contribution is -2.44. The van der Waals surface area contributed by atoms with Crippen molar-refractivity contribution in [3.8, 4) is 0 Å². The van der Waals surface area contributed by atoms with Crippen LogP contribution in [0.5, 0.6) is 0 Å². The van der Waals surface area contributed by atoms with Crippen molar-refractivity contribution in [1.82, 2.24) is 4.90 Å². The zero-order valence-electron chi connectivity index (χ0n) is 8.42. The predicted octanol–water partition coefficient (Wildman–Crippen LogP) is 0.996. The number of nitrogens with zero attached hydrogens (tertiary/aromatic N) is 1. The predicted molar refractivity (Wildman–Crippen MR) is 59.4 cm³/mol. The highest BCUT2D eigenvalue weighted by Gasteiger charge is 2.20. The van der Waals surface area contributed by atoms with Gasteiger partial charge >= 0.3 is 0 Å². The maximum atomic E-state index is 7.33. The summed E-state index contributed by atoms with van der Waals surface area (Å²) in [6.07, 6.45) is 0. The van der Waals surface area contributed by atoms with Gasteiger partial charge in [-0.2, -0.15) is 11.8 Å². The van der Waals surface area contributed by atoms with E-state index in [2.05, 4.69) is 11.8 Å². The summed E-state index contributed by atoms with van der Waals surface area (Å²) in [5.74, 6) is 2.94. The van der Waals surface area contributed by atoms with Crippen molar-refractivity contribution in [1.29, 1.82) is 5.41 Å². The van der Waals surface area contributed by atoms with Crippen molar-refractivity contribution in [2.75, 3.05) is 24.6 Å². The van der Waals surface area contributed by atoms with E-state index in [0.29, 0.717) is 11.9 Å². The molecule has 2 unspecified atom stereocenters. The van der Waals surface area contributed by atoms with Gasteiger partial charge < -0.3 is 5.73 Å². The molecule has 0 radical (unpaired) electrons. The fourth-order valence-corrected chi connectivity index (χ4v) is 2.57. The molecule has 0 spiro atoms. The molecule has 0 aromatic heterocycles. The van der Waals surface area contributed by atoms with Crippen molar-refractivity contribution in [2.24, 2.45) is 11.7 Å². The SMILES string of the molecule is CC(CN1CCSCC1C)C(=N)N. The molecule has 0 aliphatic carbocycles. The number of amidine groups is 1. The lowest BCUT2D eigenvalue weighted by molar-refractivity contribution is 0.219. The second-order valence-corrected chi connectivity index (χ2v) is 4.93. The summed E-state index contributed by atoms with van der Waals surface area (Å²) in [7, 11) is 0. The van der Waals surface area contributed by atoms with Crippen molar-refractivity contribution in [2.45, 2.75) is 19.9 Å². The number of hydrogen-bond donors (Lipinski definition) is 2. The normalized spacial score (nSPS) is 27.1. The molecule has 1 aliphatic heterocycles. The Morgan fingerprint density at radius 1 is 1.77 bits per heavy atom. The average Bonchev–Trinajstić information content (AvgIpc) is 2.08. The van der Waals surface area contributed by atoms with Crippen LogP contribution in [0.4, 0.5) is 0 Å². The van der Waals surface area contributed by atoms with Crippen LogP contribution in [-0.4, -0.2) is 41.4 Å². The van der Waals surface area contributed by atoms with Crippen LogP contribution in [-0.2, 0) is 0 Å².